The van der Waals surface area contributed by atoms with E-state index in [2.05, 4.69) is 20.6 Å². The molecule has 0 amide bonds. The van der Waals surface area contributed by atoms with Gasteiger partial charge < -0.3 is 10.6 Å². The monoisotopic (exact) mass is 358 g/mol. The Balaban J connectivity index is 2.05. The predicted molar refractivity (Wildman–Crippen MR) is 95.8 cm³/mol. The van der Waals surface area contributed by atoms with E-state index in [1.54, 1.807) is 6.07 Å². The van der Waals surface area contributed by atoms with E-state index in [9.17, 15) is 13.2 Å². The van der Waals surface area contributed by atoms with E-state index in [-0.39, 0.29) is 11.9 Å². The molecule has 0 aliphatic rings. The van der Waals surface area contributed by atoms with Crippen molar-refractivity contribution < 1.29 is 13.2 Å². The van der Waals surface area contributed by atoms with Crippen LogP contribution < -0.4 is 10.6 Å². The molecule has 134 valence electrons. The third-order valence-corrected chi connectivity index (χ3v) is 3.51. The molecule has 0 radical (unpaired) electrons. The molecule has 0 aliphatic carbocycles. The average molecular weight is 358 g/mol. The summed E-state index contributed by atoms with van der Waals surface area (Å²) in [5.74, 6) is -2.93. The van der Waals surface area contributed by atoms with Crippen molar-refractivity contribution in [1.82, 2.24) is 9.97 Å². The summed E-state index contributed by atoms with van der Waals surface area (Å²) >= 11 is 0. The summed E-state index contributed by atoms with van der Waals surface area (Å²) in [5, 5.41) is 5.58. The number of hydrogen-bond acceptors (Lipinski definition) is 4. The SMILES string of the molecule is CC(C)Nc1nc(Nc2c(F)ccc(F)c2F)cc(-c2ccccc2)n1. The zero-order valence-electron chi connectivity index (χ0n) is 14.2. The molecule has 1 aromatic heterocycles. The molecule has 0 aliphatic heterocycles. The van der Waals surface area contributed by atoms with Crippen LogP contribution in [-0.2, 0) is 0 Å². The van der Waals surface area contributed by atoms with Crippen molar-refractivity contribution in [3.63, 3.8) is 0 Å². The smallest absolute Gasteiger partial charge is 0.225 e. The second-order valence-electron chi connectivity index (χ2n) is 5.97. The third-order valence-electron chi connectivity index (χ3n) is 3.51. The molecule has 0 atom stereocenters. The lowest BCUT2D eigenvalue weighted by molar-refractivity contribution is 0.499. The van der Waals surface area contributed by atoms with Gasteiger partial charge in [-0.25, -0.2) is 18.2 Å². The summed E-state index contributed by atoms with van der Waals surface area (Å²) < 4.78 is 41.3. The summed E-state index contributed by atoms with van der Waals surface area (Å²) in [6, 6.07) is 12.5. The minimum Gasteiger partial charge on any atom is -0.352 e. The maximum atomic E-state index is 13.9. The minimum atomic E-state index is -1.30. The van der Waals surface area contributed by atoms with Gasteiger partial charge in [-0.3, -0.25) is 0 Å². The quantitative estimate of drug-likeness (QED) is 0.621. The average Bonchev–Trinajstić information content (AvgIpc) is 2.62. The number of benzene rings is 2. The number of aromatic nitrogens is 2. The van der Waals surface area contributed by atoms with E-state index < -0.39 is 23.1 Å². The van der Waals surface area contributed by atoms with Gasteiger partial charge >= 0.3 is 0 Å². The van der Waals surface area contributed by atoms with Crippen LogP contribution in [0.15, 0.2) is 48.5 Å². The van der Waals surface area contributed by atoms with Crippen LogP contribution in [0.2, 0.25) is 0 Å². The van der Waals surface area contributed by atoms with Crippen LogP contribution in [0.1, 0.15) is 13.8 Å². The van der Waals surface area contributed by atoms with Crippen molar-refractivity contribution in [2.45, 2.75) is 19.9 Å². The normalized spacial score (nSPS) is 10.8. The summed E-state index contributed by atoms with van der Waals surface area (Å²) in [6.07, 6.45) is 0. The second-order valence-corrected chi connectivity index (χ2v) is 5.97. The molecule has 3 aromatic rings. The lowest BCUT2D eigenvalue weighted by Crippen LogP contribution is -2.14. The maximum Gasteiger partial charge on any atom is 0.225 e. The Kier molecular flexibility index (Phi) is 5.06. The summed E-state index contributed by atoms with van der Waals surface area (Å²) in [5.41, 5.74) is 0.770. The molecule has 26 heavy (non-hydrogen) atoms. The van der Waals surface area contributed by atoms with E-state index >= 15 is 0 Å². The van der Waals surface area contributed by atoms with E-state index in [4.69, 9.17) is 0 Å². The standard InChI is InChI=1S/C19H17F3N4/c1-11(2)23-19-24-15(12-6-4-3-5-7-12)10-16(26-19)25-18-14(21)9-8-13(20)17(18)22/h3-11H,1-2H3,(H2,23,24,25,26). The molecule has 0 bridgehead atoms. The number of rotatable bonds is 5. The van der Waals surface area contributed by atoms with Crippen LogP contribution in [-0.4, -0.2) is 16.0 Å². The van der Waals surface area contributed by atoms with E-state index in [0.717, 1.165) is 17.7 Å². The Morgan fingerprint density at radius 3 is 2.27 bits per heavy atom. The number of anilines is 3. The van der Waals surface area contributed by atoms with Gasteiger partial charge in [0.1, 0.15) is 17.3 Å². The molecule has 1 heterocycles. The Hall–Kier alpha value is -3.09. The van der Waals surface area contributed by atoms with Crippen LogP contribution in [0.5, 0.6) is 0 Å². The fraction of sp³-hybridized carbons (Fsp3) is 0.158. The highest BCUT2D eigenvalue weighted by molar-refractivity contribution is 5.67. The van der Waals surface area contributed by atoms with Gasteiger partial charge in [0.2, 0.25) is 5.95 Å². The Morgan fingerprint density at radius 2 is 1.58 bits per heavy atom. The molecule has 2 N–H and O–H groups in total. The fourth-order valence-corrected chi connectivity index (χ4v) is 2.36. The molecule has 7 heteroatoms. The van der Waals surface area contributed by atoms with Crippen LogP contribution in [0.25, 0.3) is 11.3 Å². The summed E-state index contributed by atoms with van der Waals surface area (Å²) in [4.78, 5) is 8.64. The molecule has 0 saturated heterocycles. The van der Waals surface area contributed by atoms with Crippen LogP contribution in [0.3, 0.4) is 0 Å². The van der Waals surface area contributed by atoms with Crippen molar-refractivity contribution in [2.75, 3.05) is 10.6 Å². The predicted octanol–water partition coefficient (Wildman–Crippen LogP) is 5.12. The first-order valence-electron chi connectivity index (χ1n) is 8.05. The Labute approximate surface area is 149 Å². The molecule has 2 aromatic carbocycles. The molecule has 0 fully saturated rings. The summed E-state index contributed by atoms with van der Waals surface area (Å²) in [6.45, 7) is 3.83. The molecule has 3 rings (SSSR count). The molecule has 4 nitrogen and oxygen atoms in total. The lowest BCUT2D eigenvalue weighted by Gasteiger charge is -2.14. The minimum absolute atomic E-state index is 0.0523. The highest BCUT2D eigenvalue weighted by Gasteiger charge is 2.16. The number of nitrogens with one attached hydrogen (secondary N) is 2. The number of nitrogens with zero attached hydrogens (tertiary/aromatic N) is 2. The molecule has 0 spiro atoms. The van der Waals surface area contributed by atoms with Gasteiger partial charge in [0, 0.05) is 17.7 Å². The first-order chi connectivity index (χ1) is 12.4. The van der Waals surface area contributed by atoms with Crippen molar-refractivity contribution >= 4 is 17.5 Å². The first-order valence-corrected chi connectivity index (χ1v) is 8.05. The van der Waals surface area contributed by atoms with Crippen LogP contribution in [0.4, 0.5) is 30.6 Å². The van der Waals surface area contributed by atoms with Gasteiger partial charge in [0.15, 0.2) is 11.6 Å². The van der Waals surface area contributed by atoms with E-state index in [1.165, 1.54) is 0 Å². The van der Waals surface area contributed by atoms with Gasteiger partial charge in [-0.1, -0.05) is 30.3 Å². The highest BCUT2D eigenvalue weighted by Crippen LogP contribution is 2.27. The second kappa shape index (κ2) is 7.43. The van der Waals surface area contributed by atoms with Crippen molar-refractivity contribution in [1.29, 1.82) is 0 Å². The third kappa shape index (κ3) is 3.93. The van der Waals surface area contributed by atoms with Gasteiger partial charge in [-0.05, 0) is 26.0 Å². The zero-order valence-corrected chi connectivity index (χ0v) is 14.2. The Morgan fingerprint density at radius 1 is 0.885 bits per heavy atom. The van der Waals surface area contributed by atoms with Crippen molar-refractivity contribution in [3.8, 4) is 11.3 Å². The lowest BCUT2D eigenvalue weighted by atomic mass is 10.1. The maximum absolute atomic E-state index is 13.9. The zero-order chi connectivity index (χ0) is 18.7. The molecule has 0 saturated carbocycles. The highest BCUT2D eigenvalue weighted by atomic mass is 19.2. The van der Waals surface area contributed by atoms with Crippen LogP contribution in [0, 0.1) is 17.5 Å². The number of hydrogen-bond donors (Lipinski definition) is 2. The van der Waals surface area contributed by atoms with Crippen molar-refractivity contribution in [3.05, 3.63) is 66.0 Å². The van der Waals surface area contributed by atoms with Gasteiger partial charge in [0.05, 0.1) is 5.69 Å². The van der Waals surface area contributed by atoms with E-state index in [0.29, 0.717) is 11.6 Å². The summed E-state index contributed by atoms with van der Waals surface area (Å²) in [7, 11) is 0. The Bertz CT molecular complexity index is 914. The van der Waals surface area contributed by atoms with Gasteiger partial charge in [-0.15, -0.1) is 0 Å². The first kappa shape index (κ1) is 17.7. The fourth-order valence-electron chi connectivity index (χ4n) is 2.36. The number of halogens is 3. The largest absolute Gasteiger partial charge is 0.352 e. The van der Waals surface area contributed by atoms with Crippen molar-refractivity contribution in [2.24, 2.45) is 0 Å². The molecular formula is C19H17F3N4. The van der Waals surface area contributed by atoms with Gasteiger partial charge in [0.25, 0.3) is 0 Å². The van der Waals surface area contributed by atoms with E-state index in [1.807, 2.05) is 44.2 Å². The molecule has 0 unspecified atom stereocenters. The topological polar surface area (TPSA) is 49.8 Å². The van der Waals surface area contributed by atoms with Gasteiger partial charge in [-0.2, -0.15) is 4.98 Å². The van der Waals surface area contributed by atoms with Crippen LogP contribution >= 0.6 is 0 Å². The molecular weight excluding hydrogens is 341 g/mol.